The van der Waals surface area contributed by atoms with Crippen LogP contribution in [0.5, 0.6) is 0 Å². The highest BCUT2D eigenvalue weighted by Crippen LogP contribution is 2.26. The van der Waals surface area contributed by atoms with Gasteiger partial charge in [-0.25, -0.2) is 9.97 Å². The van der Waals surface area contributed by atoms with Crippen molar-refractivity contribution in [3.63, 3.8) is 0 Å². The SMILES string of the molecule is CNc1nc(C(C)(C)C)nc(NCCCC(C)O)c1C. The number of nitrogens with one attached hydrogen (secondary N) is 2. The molecule has 0 radical (unpaired) electrons. The molecule has 0 amide bonds. The van der Waals surface area contributed by atoms with Crippen molar-refractivity contribution in [2.24, 2.45) is 0 Å². The third-order valence-corrected chi connectivity index (χ3v) is 3.14. The summed E-state index contributed by atoms with van der Waals surface area (Å²) in [5.41, 5.74) is 0.938. The molecule has 1 heterocycles. The Morgan fingerprint density at radius 2 is 1.80 bits per heavy atom. The van der Waals surface area contributed by atoms with Crippen molar-refractivity contribution < 1.29 is 5.11 Å². The van der Waals surface area contributed by atoms with Crippen LogP contribution < -0.4 is 10.6 Å². The molecular weight excluding hydrogens is 252 g/mol. The number of nitrogens with zero attached hydrogens (tertiary/aromatic N) is 2. The van der Waals surface area contributed by atoms with Gasteiger partial charge in [-0.05, 0) is 26.7 Å². The second kappa shape index (κ2) is 6.88. The summed E-state index contributed by atoms with van der Waals surface area (Å²) in [6.07, 6.45) is 1.46. The highest BCUT2D eigenvalue weighted by Gasteiger charge is 2.20. The predicted molar refractivity (Wildman–Crippen MR) is 84.4 cm³/mol. The molecule has 0 saturated heterocycles. The van der Waals surface area contributed by atoms with Gasteiger partial charge < -0.3 is 15.7 Å². The third kappa shape index (κ3) is 4.63. The summed E-state index contributed by atoms with van der Waals surface area (Å²) in [5.74, 6) is 2.56. The molecule has 20 heavy (non-hydrogen) atoms. The number of aliphatic hydroxyl groups excluding tert-OH is 1. The molecule has 0 spiro atoms. The van der Waals surface area contributed by atoms with Crippen LogP contribution in [0.1, 0.15) is 51.9 Å². The maximum atomic E-state index is 9.27. The molecule has 114 valence electrons. The fourth-order valence-corrected chi connectivity index (χ4v) is 1.87. The van der Waals surface area contributed by atoms with Crippen LogP contribution in [0.2, 0.25) is 0 Å². The van der Waals surface area contributed by atoms with E-state index >= 15 is 0 Å². The van der Waals surface area contributed by atoms with Crippen molar-refractivity contribution in [3.05, 3.63) is 11.4 Å². The first kappa shape index (κ1) is 16.7. The monoisotopic (exact) mass is 280 g/mol. The molecule has 1 aromatic rings. The molecule has 1 rings (SSSR count). The molecule has 5 heteroatoms. The highest BCUT2D eigenvalue weighted by atomic mass is 16.3. The van der Waals surface area contributed by atoms with Gasteiger partial charge in [-0.2, -0.15) is 0 Å². The molecule has 3 N–H and O–H groups in total. The van der Waals surface area contributed by atoms with E-state index in [-0.39, 0.29) is 11.5 Å². The van der Waals surface area contributed by atoms with Gasteiger partial charge in [0.15, 0.2) is 0 Å². The van der Waals surface area contributed by atoms with E-state index in [1.165, 1.54) is 0 Å². The van der Waals surface area contributed by atoms with Gasteiger partial charge >= 0.3 is 0 Å². The molecule has 0 aliphatic heterocycles. The molecule has 0 fully saturated rings. The van der Waals surface area contributed by atoms with Crippen molar-refractivity contribution in [1.29, 1.82) is 0 Å². The molecule has 0 aliphatic carbocycles. The van der Waals surface area contributed by atoms with Crippen molar-refractivity contribution in [1.82, 2.24) is 9.97 Å². The molecular formula is C15H28N4O. The second-order valence-corrected chi connectivity index (χ2v) is 6.29. The summed E-state index contributed by atoms with van der Waals surface area (Å²) >= 11 is 0. The summed E-state index contributed by atoms with van der Waals surface area (Å²) < 4.78 is 0. The lowest BCUT2D eigenvalue weighted by atomic mass is 9.95. The van der Waals surface area contributed by atoms with E-state index < -0.39 is 0 Å². The number of hydrogen-bond acceptors (Lipinski definition) is 5. The number of rotatable bonds is 6. The topological polar surface area (TPSA) is 70.1 Å². The van der Waals surface area contributed by atoms with Gasteiger partial charge in [0.1, 0.15) is 17.5 Å². The largest absolute Gasteiger partial charge is 0.393 e. The summed E-state index contributed by atoms with van der Waals surface area (Å²) in [5, 5.41) is 15.8. The van der Waals surface area contributed by atoms with E-state index in [1.807, 2.05) is 20.9 Å². The lowest BCUT2D eigenvalue weighted by molar-refractivity contribution is 0.183. The summed E-state index contributed by atoms with van der Waals surface area (Å²) in [7, 11) is 1.87. The van der Waals surface area contributed by atoms with E-state index in [1.54, 1.807) is 0 Å². The van der Waals surface area contributed by atoms with Gasteiger partial charge in [-0.3, -0.25) is 0 Å². The van der Waals surface area contributed by atoms with Gasteiger partial charge in [-0.1, -0.05) is 20.8 Å². The van der Waals surface area contributed by atoms with E-state index in [9.17, 15) is 5.11 Å². The lowest BCUT2D eigenvalue weighted by Crippen LogP contribution is -2.19. The quantitative estimate of drug-likeness (QED) is 0.699. The van der Waals surface area contributed by atoms with Crippen LogP contribution >= 0.6 is 0 Å². The standard InChI is InChI=1S/C15H28N4O/c1-10(20)8-7-9-17-13-11(2)12(16-6)18-14(19-13)15(3,4)5/h10,20H,7-9H2,1-6H3,(H2,16,17,18,19). The minimum absolute atomic E-state index is 0.0880. The average molecular weight is 280 g/mol. The molecule has 1 atom stereocenters. The zero-order chi connectivity index (χ0) is 15.3. The molecule has 0 aliphatic rings. The number of aliphatic hydroxyl groups is 1. The van der Waals surface area contributed by atoms with Crippen LogP contribution in [0.15, 0.2) is 0 Å². The van der Waals surface area contributed by atoms with E-state index in [0.29, 0.717) is 0 Å². The fourth-order valence-electron chi connectivity index (χ4n) is 1.87. The first-order valence-corrected chi connectivity index (χ1v) is 7.24. The Bertz CT molecular complexity index is 438. The van der Waals surface area contributed by atoms with Gasteiger partial charge in [0, 0.05) is 24.6 Å². The molecule has 1 unspecified atom stereocenters. The Morgan fingerprint density at radius 3 is 2.30 bits per heavy atom. The third-order valence-electron chi connectivity index (χ3n) is 3.14. The van der Waals surface area contributed by atoms with E-state index in [0.717, 1.165) is 42.4 Å². The van der Waals surface area contributed by atoms with Crippen LogP contribution in [-0.2, 0) is 5.41 Å². The van der Waals surface area contributed by atoms with Crippen molar-refractivity contribution in [3.8, 4) is 0 Å². The minimum atomic E-state index is -0.249. The summed E-state index contributed by atoms with van der Waals surface area (Å²) in [4.78, 5) is 9.22. The smallest absolute Gasteiger partial charge is 0.138 e. The van der Waals surface area contributed by atoms with Crippen LogP contribution in [0.4, 0.5) is 11.6 Å². The highest BCUT2D eigenvalue weighted by molar-refractivity contribution is 5.57. The van der Waals surface area contributed by atoms with E-state index in [2.05, 4.69) is 41.4 Å². The minimum Gasteiger partial charge on any atom is -0.393 e. The van der Waals surface area contributed by atoms with Crippen LogP contribution in [0.3, 0.4) is 0 Å². The number of anilines is 2. The lowest BCUT2D eigenvalue weighted by Gasteiger charge is -2.20. The van der Waals surface area contributed by atoms with Gasteiger partial charge in [0.05, 0.1) is 6.10 Å². The van der Waals surface area contributed by atoms with Gasteiger partial charge in [0.2, 0.25) is 0 Å². The Morgan fingerprint density at radius 1 is 1.20 bits per heavy atom. The second-order valence-electron chi connectivity index (χ2n) is 6.29. The predicted octanol–water partition coefficient (Wildman–Crippen LogP) is 2.70. The molecule has 0 saturated carbocycles. The zero-order valence-electron chi connectivity index (χ0n) is 13.5. The molecule has 5 nitrogen and oxygen atoms in total. The molecule has 0 bridgehead atoms. The zero-order valence-corrected chi connectivity index (χ0v) is 13.5. The maximum Gasteiger partial charge on any atom is 0.138 e. The normalized spacial score (nSPS) is 13.2. The molecule has 1 aromatic heterocycles. The number of aromatic nitrogens is 2. The van der Waals surface area contributed by atoms with Crippen LogP contribution in [-0.4, -0.2) is 34.8 Å². The average Bonchev–Trinajstić information content (AvgIpc) is 2.34. The van der Waals surface area contributed by atoms with Crippen LogP contribution in [0, 0.1) is 6.92 Å². The first-order chi connectivity index (χ1) is 9.25. The van der Waals surface area contributed by atoms with E-state index in [4.69, 9.17) is 0 Å². The Labute approximate surface area is 122 Å². The Kier molecular flexibility index (Phi) is 5.74. The van der Waals surface area contributed by atoms with Crippen molar-refractivity contribution in [2.75, 3.05) is 24.2 Å². The summed E-state index contributed by atoms with van der Waals surface area (Å²) in [6.45, 7) is 10.9. The number of hydrogen-bond donors (Lipinski definition) is 3. The maximum absolute atomic E-state index is 9.27. The molecule has 0 aromatic carbocycles. The van der Waals surface area contributed by atoms with Crippen molar-refractivity contribution in [2.45, 2.75) is 59.0 Å². The van der Waals surface area contributed by atoms with Crippen LogP contribution in [0.25, 0.3) is 0 Å². The Hall–Kier alpha value is -1.36. The first-order valence-electron chi connectivity index (χ1n) is 7.24. The Balaban J connectivity index is 2.88. The van der Waals surface area contributed by atoms with Gasteiger partial charge in [-0.15, -0.1) is 0 Å². The fraction of sp³-hybridized carbons (Fsp3) is 0.733. The van der Waals surface area contributed by atoms with Gasteiger partial charge in [0.25, 0.3) is 0 Å². The van der Waals surface area contributed by atoms with Crippen molar-refractivity contribution >= 4 is 11.6 Å². The summed E-state index contributed by atoms with van der Waals surface area (Å²) in [6, 6.07) is 0.